The fourth-order valence-electron chi connectivity index (χ4n) is 0.745. The molecule has 0 bridgehead atoms. The van der Waals surface area contributed by atoms with Crippen LogP contribution in [0.2, 0.25) is 0 Å². The van der Waals surface area contributed by atoms with Gasteiger partial charge in [-0.2, -0.15) is 5.26 Å². The molecule has 0 aromatic carbocycles. The third-order valence-corrected chi connectivity index (χ3v) is 1.20. The van der Waals surface area contributed by atoms with E-state index in [2.05, 4.69) is 16.7 Å². The highest BCUT2D eigenvalue weighted by atomic mass is 35.5. The van der Waals surface area contributed by atoms with Crippen molar-refractivity contribution in [2.45, 2.75) is 6.04 Å². The Morgan fingerprint density at radius 2 is 2.00 bits per heavy atom. The number of halogens is 2. The molecule has 1 heterocycles. The van der Waals surface area contributed by atoms with Crippen LogP contribution in [0.3, 0.4) is 0 Å². The van der Waals surface area contributed by atoms with E-state index in [1.165, 1.54) is 0 Å². The Morgan fingerprint density at radius 3 is 2.30 bits per heavy atom. The van der Waals surface area contributed by atoms with E-state index < -0.39 is 0 Å². The second-order valence-electron chi connectivity index (χ2n) is 1.84. The van der Waals surface area contributed by atoms with Crippen molar-refractivity contribution >= 4 is 24.8 Å². The SMILES string of the molecule is Cl.Cl.N#C[C@H]1CNCCN1. The van der Waals surface area contributed by atoms with Crippen LogP contribution in [-0.4, -0.2) is 25.7 Å². The van der Waals surface area contributed by atoms with Gasteiger partial charge in [0.2, 0.25) is 0 Å². The maximum atomic E-state index is 8.34. The standard InChI is InChI=1S/C5H9N3.2ClH/c6-3-5-4-7-1-2-8-5;;/h5,7-8H,1-2,4H2;2*1H/t5-;;/m0../s1. The Morgan fingerprint density at radius 1 is 1.30 bits per heavy atom. The number of rotatable bonds is 0. The summed E-state index contributed by atoms with van der Waals surface area (Å²) in [5, 5.41) is 14.5. The van der Waals surface area contributed by atoms with E-state index in [0.717, 1.165) is 19.6 Å². The molecule has 0 aliphatic carbocycles. The Kier molecular flexibility index (Phi) is 8.98. The van der Waals surface area contributed by atoms with Gasteiger partial charge in [-0.15, -0.1) is 24.8 Å². The van der Waals surface area contributed by atoms with Crippen molar-refractivity contribution < 1.29 is 0 Å². The van der Waals surface area contributed by atoms with E-state index in [4.69, 9.17) is 5.26 Å². The summed E-state index contributed by atoms with van der Waals surface area (Å²) in [7, 11) is 0. The zero-order valence-corrected chi connectivity index (χ0v) is 7.10. The molecule has 0 radical (unpaired) electrons. The van der Waals surface area contributed by atoms with E-state index >= 15 is 0 Å². The van der Waals surface area contributed by atoms with Crippen molar-refractivity contribution in [3.63, 3.8) is 0 Å². The summed E-state index contributed by atoms with van der Waals surface area (Å²) in [6, 6.07) is 2.16. The van der Waals surface area contributed by atoms with E-state index in [-0.39, 0.29) is 30.9 Å². The fraction of sp³-hybridized carbons (Fsp3) is 0.800. The maximum absolute atomic E-state index is 8.34. The molecule has 5 heteroatoms. The molecule has 0 amide bonds. The Balaban J connectivity index is 0. The lowest BCUT2D eigenvalue weighted by atomic mass is 10.3. The van der Waals surface area contributed by atoms with E-state index in [0.29, 0.717) is 0 Å². The molecule has 2 N–H and O–H groups in total. The van der Waals surface area contributed by atoms with E-state index in [1.54, 1.807) is 0 Å². The quantitative estimate of drug-likeness (QED) is 0.553. The minimum atomic E-state index is 0. The average Bonchev–Trinajstić information content (AvgIpc) is 1.90. The van der Waals surface area contributed by atoms with Crippen LogP contribution in [0.1, 0.15) is 0 Å². The Labute approximate surface area is 73.0 Å². The number of piperazine rings is 1. The largest absolute Gasteiger partial charge is 0.313 e. The van der Waals surface area contributed by atoms with Gasteiger partial charge in [0.1, 0.15) is 6.04 Å². The van der Waals surface area contributed by atoms with Crippen LogP contribution in [-0.2, 0) is 0 Å². The van der Waals surface area contributed by atoms with Crippen molar-refractivity contribution in [2.24, 2.45) is 0 Å². The van der Waals surface area contributed by atoms with Crippen molar-refractivity contribution in [1.29, 1.82) is 5.26 Å². The summed E-state index contributed by atoms with van der Waals surface area (Å²) >= 11 is 0. The molecule has 3 nitrogen and oxygen atoms in total. The van der Waals surface area contributed by atoms with Gasteiger partial charge in [0.15, 0.2) is 0 Å². The molecule has 1 rings (SSSR count). The normalized spacial score (nSPS) is 23.3. The summed E-state index contributed by atoms with van der Waals surface area (Å²) in [5.74, 6) is 0. The molecule has 0 spiro atoms. The summed E-state index contributed by atoms with van der Waals surface area (Å²) in [6.07, 6.45) is 0. The molecule has 10 heavy (non-hydrogen) atoms. The molecule has 1 saturated heterocycles. The highest BCUT2D eigenvalue weighted by Gasteiger charge is 2.08. The summed E-state index contributed by atoms with van der Waals surface area (Å²) in [5.41, 5.74) is 0. The van der Waals surface area contributed by atoms with E-state index in [9.17, 15) is 0 Å². The lowest BCUT2D eigenvalue weighted by Crippen LogP contribution is -2.47. The van der Waals surface area contributed by atoms with E-state index in [1.807, 2.05) is 0 Å². The molecule has 0 saturated carbocycles. The second kappa shape index (κ2) is 7.10. The first-order chi connectivity index (χ1) is 3.93. The lowest BCUT2D eigenvalue weighted by Gasteiger charge is -2.17. The monoisotopic (exact) mass is 183 g/mol. The fourth-order valence-corrected chi connectivity index (χ4v) is 0.745. The second-order valence-corrected chi connectivity index (χ2v) is 1.84. The molecule has 1 atom stereocenters. The van der Waals surface area contributed by atoms with Gasteiger partial charge in [0.05, 0.1) is 6.07 Å². The van der Waals surface area contributed by atoms with Gasteiger partial charge in [-0.25, -0.2) is 0 Å². The molecular formula is C5H11Cl2N3. The van der Waals surface area contributed by atoms with Gasteiger partial charge in [-0.05, 0) is 0 Å². The van der Waals surface area contributed by atoms with Crippen LogP contribution in [0.25, 0.3) is 0 Å². The molecule has 1 fully saturated rings. The van der Waals surface area contributed by atoms with Crippen LogP contribution < -0.4 is 10.6 Å². The number of hydrogen-bond donors (Lipinski definition) is 2. The zero-order valence-electron chi connectivity index (χ0n) is 5.46. The highest BCUT2D eigenvalue weighted by molar-refractivity contribution is 5.85. The average molecular weight is 184 g/mol. The molecule has 60 valence electrons. The predicted molar refractivity (Wildman–Crippen MR) is 44.8 cm³/mol. The topological polar surface area (TPSA) is 47.9 Å². The first-order valence-electron chi connectivity index (χ1n) is 2.77. The van der Waals surface area contributed by atoms with Gasteiger partial charge in [0.25, 0.3) is 0 Å². The minimum Gasteiger partial charge on any atom is -0.313 e. The summed E-state index contributed by atoms with van der Waals surface area (Å²) in [6.45, 7) is 2.69. The van der Waals surface area contributed by atoms with Gasteiger partial charge in [0, 0.05) is 19.6 Å². The van der Waals surface area contributed by atoms with Crippen LogP contribution >= 0.6 is 24.8 Å². The lowest BCUT2D eigenvalue weighted by molar-refractivity contribution is 0.477. The highest BCUT2D eigenvalue weighted by Crippen LogP contribution is 1.81. The first-order valence-corrected chi connectivity index (χ1v) is 2.77. The van der Waals surface area contributed by atoms with Gasteiger partial charge in [-0.1, -0.05) is 0 Å². The predicted octanol–water partition coefficient (Wildman–Crippen LogP) is -0.0850. The van der Waals surface area contributed by atoms with Crippen LogP contribution in [0.5, 0.6) is 0 Å². The zero-order chi connectivity index (χ0) is 5.82. The third-order valence-electron chi connectivity index (χ3n) is 1.20. The number of nitrogens with zero attached hydrogens (tertiary/aromatic N) is 1. The number of nitrogens with one attached hydrogen (secondary N) is 2. The van der Waals surface area contributed by atoms with Crippen LogP contribution in [0, 0.1) is 11.3 Å². The van der Waals surface area contributed by atoms with Crippen molar-refractivity contribution in [1.82, 2.24) is 10.6 Å². The van der Waals surface area contributed by atoms with Gasteiger partial charge in [-0.3, -0.25) is 5.32 Å². The van der Waals surface area contributed by atoms with Gasteiger partial charge < -0.3 is 5.32 Å². The Hall–Kier alpha value is -0.0100. The summed E-state index contributed by atoms with van der Waals surface area (Å²) in [4.78, 5) is 0. The molecule has 0 unspecified atom stereocenters. The van der Waals surface area contributed by atoms with Crippen molar-refractivity contribution in [2.75, 3.05) is 19.6 Å². The maximum Gasteiger partial charge on any atom is 0.108 e. The Bertz CT molecular complexity index is 106. The molecule has 0 aromatic rings. The number of nitriles is 1. The van der Waals surface area contributed by atoms with Crippen molar-refractivity contribution in [3.05, 3.63) is 0 Å². The smallest absolute Gasteiger partial charge is 0.108 e. The van der Waals surface area contributed by atoms with Crippen LogP contribution in [0.15, 0.2) is 0 Å². The third kappa shape index (κ3) is 3.91. The van der Waals surface area contributed by atoms with Crippen LogP contribution in [0.4, 0.5) is 0 Å². The first kappa shape index (κ1) is 12.6. The molecule has 1 aliphatic heterocycles. The number of hydrogen-bond acceptors (Lipinski definition) is 3. The summed E-state index contributed by atoms with van der Waals surface area (Å²) < 4.78 is 0. The molecular weight excluding hydrogens is 173 g/mol. The van der Waals surface area contributed by atoms with Crippen molar-refractivity contribution in [3.8, 4) is 6.07 Å². The molecule has 1 aliphatic rings. The minimum absolute atomic E-state index is 0. The molecule has 0 aromatic heterocycles. The van der Waals surface area contributed by atoms with Gasteiger partial charge >= 0.3 is 0 Å².